The molecule has 0 bridgehead atoms. The average molecular weight is 302 g/mol. The number of morpholine rings is 1. The maximum absolute atomic E-state index is 12.3. The van der Waals surface area contributed by atoms with E-state index in [4.69, 9.17) is 4.74 Å². The third-order valence-electron chi connectivity index (χ3n) is 3.24. The number of esters is 1. The van der Waals surface area contributed by atoms with Gasteiger partial charge in [0.1, 0.15) is 6.04 Å². The van der Waals surface area contributed by atoms with Gasteiger partial charge in [0.25, 0.3) is 0 Å². The van der Waals surface area contributed by atoms with Gasteiger partial charge in [-0.1, -0.05) is 20.8 Å². The topological polar surface area (TPSA) is 105 Å². The number of carbonyl (C=O) groups excluding carboxylic acids is 2. The number of nitrogens with one attached hydrogen (secondary N) is 1. The van der Waals surface area contributed by atoms with E-state index >= 15 is 0 Å². The Labute approximate surface area is 123 Å². The van der Waals surface area contributed by atoms with E-state index in [2.05, 4.69) is 10.1 Å². The molecule has 1 heterocycles. The lowest BCUT2D eigenvalue weighted by Crippen LogP contribution is -2.60. The van der Waals surface area contributed by atoms with Crippen LogP contribution >= 0.6 is 0 Å². The molecule has 0 aromatic rings. The number of urea groups is 1. The van der Waals surface area contributed by atoms with Gasteiger partial charge in [-0.2, -0.15) is 0 Å². The van der Waals surface area contributed by atoms with Crippen molar-refractivity contribution in [2.24, 2.45) is 5.41 Å². The van der Waals surface area contributed by atoms with Crippen molar-refractivity contribution in [1.82, 2.24) is 10.2 Å². The first-order valence-electron chi connectivity index (χ1n) is 6.64. The number of carbonyl (C=O) groups is 3. The van der Waals surface area contributed by atoms with Crippen LogP contribution in [0.1, 0.15) is 20.8 Å². The fourth-order valence-corrected chi connectivity index (χ4v) is 2.03. The highest BCUT2D eigenvalue weighted by molar-refractivity contribution is 5.87. The first kappa shape index (κ1) is 17.2. The van der Waals surface area contributed by atoms with Gasteiger partial charge >= 0.3 is 18.0 Å². The molecule has 0 aliphatic carbocycles. The summed E-state index contributed by atoms with van der Waals surface area (Å²) < 4.78 is 9.80. The van der Waals surface area contributed by atoms with E-state index in [1.807, 2.05) is 0 Å². The van der Waals surface area contributed by atoms with Gasteiger partial charge in [-0.15, -0.1) is 0 Å². The number of nitrogens with zero attached hydrogens (tertiary/aromatic N) is 1. The Morgan fingerprint density at radius 1 is 1.38 bits per heavy atom. The van der Waals surface area contributed by atoms with Crippen molar-refractivity contribution in [3.63, 3.8) is 0 Å². The van der Waals surface area contributed by atoms with Crippen molar-refractivity contribution < 1.29 is 29.0 Å². The van der Waals surface area contributed by atoms with Crippen LogP contribution in [0.15, 0.2) is 0 Å². The highest BCUT2D eigenvalue weighted by Gasteiger charge is 2.38. The maximum atomic E-state index is 12.3. The zero-order valence-electron chi connectivity index (χ0n) is 12.7. The van der Waals surface area contributed by atoms with Crippen molar-refractivity contribution in [2.45, 2.75) is 32.9 Å². The van der Waals surface area contributed by atoms with E-state index in [0.29, 0.717) is 0 Å². The average Bonchev–Trinajstić information content (AvgIpc) is 2.42. The Morgan fingerprint density at radius 2 is 2.00 bits per heavy atom. The summed E-state index contributed by atoms with van der Waals surface area (Å²) in [5.41, 5.74) is -0.658. The van der Waals surface area contributed by atoms with Gasteiger partial charge in [0.2, 0.25) is 0 Å². The minimum absolute atomic E-state index is 0.0351. The van der Waals surface area contributed by atoms with E-state index in [9.17, 15) is 19.5 Å². The minimum Gasteiger partial charge on any atom is -0.480 e. The molecule has 8 nitrogen and oxygen atoms in total. The Hall–Kier alpha value is -1.83. The molecule has 1 fully saturated rings. The van der Waals surface area contributed by atoms with E-state index in [-0.39, 0.29) is 19.8 Å². The summed E-state index contributed by atoms with van der Waals surface area (Å²) in [5.74, 6) is -1.72. The maximum Gasteiger partial charge on any atom is 0.331 e. The lowest BCUT2D eigenvalue weighted by atomic mass is 9.87. The number of hydrogen-bond acceptors (Lipinski definition) is 5. The Balaban J connectivity index is 2.84. The van der Waals surface area contributed by atoms with Gasteiger partial charge in [-0.05, 0) is 5.41 Å². The fourth-order valence-electron chi connectivity index (χ4n) is 2.03. The number of methoxy groups -OCH3 is 1. The predicted octanol–water partition coefficient (Wildman–Crippen LogP) is 0.0691. The third-order valence-corrected chi connectivity index (χ3v) is 3.24. The van der Waals surface area contributed by atoms with E-state index in [1.54, 1.807) is 20.8 Å². The lowest BCUT2D eigenvalue weighted by Gasteiger charge is -2.36. The van der Waals surface area contributed by atoms with Crippen molar-refractivity contribution >= 4 is 18.0 Å². The lowest BCUT2D eigenvalue weighted by molar-refractivity contribution is -0.151. The first-order valence-corrected chi connectivity index (χ1v) is 6.64. The predicted molar refractivity (Wildman–Crippen MR) is 72.7 cm³/mol. The molecule has 21 heavy (non-hydrogen) atoms. The quantitative estimate of drug-likeness (QED) is 0.715. The largest absolute Gasteiger partial charge is 0.480 e. The molecule has 120 valence electrons. The molecule has 1 unspecified atom stereocenters. The second-order valence-corrected chi connectivity index (χ2v) is 5.89. The molecule has 1 aliphatic rings. The molecular weight excluding hydrogens is 280 g/mol. The molecule has 1 aliphatic heterocycles. The van der Waals surface area contributed by atoms with Gasteiger partial charge in [-0.25, -0.2) is 14.4 Å². The van der Waals surface area contributed by atoms with Crippen LogP contribution in [-0.2, 0) is 19.1 Å². The molecule has 1 rings (SSSR count). The Morgan fingerprint density at radius 3 is 2.48 bits per heavy atom. The summed E-state index contributed by atoms with van der Waals surface area (Å²) >= 11 is 0. The van der Waals surface area contributed by atoms with Crippen LogP contribution in [0.3, 0.4) is 0 Å². The summed E-state index contributed by atoms with van der Waals surface area (Å²) in [6.45, 7) is 5.65. The second-order valence-electron chi connectivity index (χ2n) is 5.89. The molecule has 0 aromatic heterocycles. The number of rotatable bonds is 3. The standard InChI is InChI=1S/C13H22N2O6/c1-13(2,3)9(10(16)17)14-12(19)15-5-6-21-7-8(15)11(18)20-4/h8-9H,5-7H2,1-4H3,(H,14,19)(H,16,17)/t8?,9-/m0/s1. The fraction of sp³-hybridized carbons (Fsp3) is 0.769. The van der Waals surface area contributed by atoms with Crippen LogP contribution < -0.4 is 5.32 Å². The minimum atomic E-state index is -1.13. The van der Waals surface area contributed by atoms with Crippen LogP contribution in [0, 0.1) is 5.41 Å². The van der Waals surface area contributed by atoms with Crippen molar-refractivity contribution in [1.29, 1.82) is 0 Å². The molecule has 0 radical (unpaired) electrons. The van der Waals surface area contributed by atoms with Crippen LogP contribution in [0.4, 0.5) is 4.79 Å². The molecule has 2 atom stereocenters. The zero-order valence-corrected chi connectivity index (χ0v) is 12.7. The van der Waals surface area contributed by atoms with Crippen molar-refractivity contribution in [3.8, 4) is 0 Å². The van der Waals surface area contributed by atoms with Gasteiger partial charge < -0.3 is 24.8 Å². The first-order chi connectivity index (χ1) is 9.68. The summed E-state index contributed by atoms with van der Waals surface area (Å²) in [4.78, 5) is 36.5. The zero-order chi connectivity index (χ0) is 16.2. The smallest absolute Gasteiger partial charge is 0.331 e. The van der Waals surface area contributed by atoms with Crippen LogP contribution in [0.2, 0.25) is 0 Å². The normalized spacial score (nSPS) is 20.6. The SMILES string of the molecule is COC(=O)C1COCCN1C(=O)N[C@@H](C(=O)O)C(C)(C)C. The van der Waals surface area contributed by atoms with Crippen LogP contribution in [0.25, 0.3) is 0 Å². The van der Waals surface area contributed by atoms with Crippen molar-refractivity contribution in [2.75, 3.05) is 26.9 Å². The highest BCUT2D eigenvalue weighted by Crippen LogP contribution is 2.20. The molecule has 2 amide bonds. The van der Waals surface area contributed by atoms with E-state index in [0.717, 1.165) is 0 Å². The monoisotopic (exact) mass is 302 g/mol. The molecular formula is C13H22N2O6. The van der Waals surface area contributed by atoms with Gasteiger partial charge in [0.05, 0.1) is 20.3 Å². The van der Waals surface area contributed by atoms with E-state index < -0.39 is 35.5 Å². The summed E-state index contributed by atoms with van der Waals surface area (Å²) in [6, 6.07) is -2.54. The molecule has 0 aromatic carbocycles. The molecule has 2 N–H and O–H groups in total. The van der Waals surface area contributed by atoms with Crippen molar-refractivity contribution in [3.05, 3.63) is 0 Å². The highest BCUT2D eigenvalue weighted by atomic mass is 16.5. The summed E-state index contributed by atoms with van der Waals surface area (Å²) in [5, 5.41) is 11.7. The number of aliphatic carboxylic acids is 1. The molecule has 1 saturated heterocycles. The summed E-state index contributed by atoms with van der Waals surface area (Å²) in [6.07, 6.45) is 0. The third kappa shape index (κ3) is 4.32. The molecule has 8 heteroatoms. The second kappa shape index (κ2) is 6.75. The Kier molecular flexibility index (Phi) is 5.54. The van der Waals surface area contributed by atoms with Crippen LogP contribution in [0.5, 0.6) is 0 Å². The number of carboxylic acid groups (broad SMARTS) is 1. The molecule has 0 saturated carbocycles. The van der Waals surface area contributed by atoms with E-state index in [1.165, 1.54) is 12.0 Å². The number of ether oxygens (including phenoxy) is 2. The Bertz CT molecular complexity index is 417. The number of hydrogen-bond donors (Lipinski definition) is 2. The van der Waals surface area contributed by atoms with Gasteiger partial charge in [-0.3, -0.25) is 0 Å². The molecule has 0 spiro atoms. The van der Waals surface area contributed by atoms with Crippen LogP contribution in [-0.4, -0.2) is 66.9 Å². The van der Waals surface area contributed by atoms with Gasteiger partial charge in [0.15, 0.2) is 6.04 Å². The number of amides is 2. The van der Waals surface area contributed by atoms with Gasteiger partial charge in [0, 0.05) is 6.54 Å². The summed E-state index contributed by atoms with van der Waals surface area (Å²) in [7, 11) is 1.22. The number of carboxylic acids is 1.